The second kappa shape index (κ2) is 5.11. The number of hydrogen-bond donors (Lipinski definition) is 0. The molecule has 0 fully saturated rings. The molecule has 0 aromatic carbocycles. The van der Waals surface area contributed by atoms with Crippen molar-refractivity contribution < 1.29 is 4.79 Å². The van der Waals surface area contributed by atoms with E-state index in [0.29, 0.717) is 0 Å². The Bertz CT molecular complexity index is 128. The summed E-state index contributed by atoms with van der Waals surface area (Å²) in [7, 11) is 0. The third kappa shape index (κ3) is 3.35. The van der Waals surface area contributed by atoms with Gasteiger partial charge in [-0.25, -0.2) is 0 Å². The molecule has 1 heteroatoms. The molecule has 1 aliphatic rings. The molecule has 0 heterocycles. The predicted molar refractivity (Wildman–Crippen MR) is 46.4 cm³/mol. The quantitative estimate of drug-likeness (QED) is 0.449. The first-order valence-electron chi connectivity index (χ1n) is 4.52. The summed E-state index contributed by atoms with van der Waals surface area (Å²) in [5, 5.41) is 0. The zero-order valence-electron chi connectivity index (χ0n) is 6.96. The molecule has 0 radical (unpaired) electrons. The van der Waals surface area contributed by atoms with Gasteiger partial charge in [-0.05, 0) is 38.0 Å². The summed E-state index contributed by atoms with van der Waals surface area (Å²) >= 11 is 0. The van der Waals surface area contributed by atoms with E-state index in [1.807, 2.05) is 0 Å². The van der Waals surface area contributed by atoms with E-state index in [2.05, 4.69) is 12.2 Å². The molecule has 11 heavy (non-hydrogen) atoms. The van der Waals surface area contributed by atoms with E-state index in [4.69, 9.17) is 0 Å². The van der Waals surface area contributed by atoms with Gasteiger partial charge in [0.1, 0.15) is 6.29 Å². The van der Waals surface area contributed by atoms with Gasteiger partial charge in [0.05, 0.1) is 0 Å². The fraction of sp³-hybridized carbons (Fsp3) is 0.700. The van der Waals surface area contributed by atoms with Crippen LogP contribution in [0.5, 0.6) is 0 Å². The number of rotatable bonds is 3. The Labute approximate surface area is 68.5 Å². The first-order valence-corrected chi connectivity index (χ1v) is 4.52. The highest BCUT2D eigenvalue weighted by atomic mass is 16.1. The van der Waals surface area contributed by atoms with Crippen LogP contribution >= 0.6 is 0 Å². The maximum atomic E-state index is 10.1. The smallest absolute Gasteiger partial charge is 0.120 e. The highest BCUT2D eigenvalue weighted by Gasteiger charge is 2.08. The number of hydrogen-bond acceptors (Lipinski definition) is 1. The van der Waals surface area contributed by atoms with Crippen LogP contribution in [0.1, 0.15) is 38.5 Å². The van der Waals surface area contributed by atoms with Gasteiger partial charge in [-0.3, -0.25) is 0 Å². The molecule has 0 spiro atoms. The van der Waals surface area contributed by atoms with Crippen LogP contribution in [0.2, 0.25) is 0 Å². The molecule has 0 aliphatic heterocycles. The average Bonchev–Trinajstić information content (AvgIpc) is 2.28. The molecule has 0 atom stereocenters. The fourth-order valence-corrected chi connectivity index (χ4v) is 1.64. The van der Waals surface area contributed by atoms with Crippen LogP contribution in [-0.2, 0) is 4.79 Å². The summed E-state index contributed by atoms with van der Waals surface area (Å²) in [6, 6.07) is 0. The van der Waals surface area contributed by atoms with E-state index in [1.54, 1.807) is 0 Å². The van der Waals surface area contributed by atoms with Crippen molar-refractivity contribution >= 4 is 6.29 Å². The Balaban J connectivity index is 2.18. The fourth-order valence-electron chi connectivity index (χ4n) is 1.64. The van der Waals surface area contributed by atoms with Crippen molar-refractivity contribution in [2.45, 2.75) is 38.5 Å². The van der Waals surface area contributed by atoms with E-state index >= 15 is 0 Å². The van der Waals surface area contributed by atoms with Crippen molar-refractivity contribution in [1.82, 2.24) is 0 Å². The second-order valence-corrected chi connectivity index (χ2v) is 3.24. The van der Waals surface area contributed by atoms with E-state index in [0.717, 1.165) is 25.0 Å². The molecule has 0 saturated carbocycles. The van der Waals surface area contributed by atoms with Gasteiger partial charge in [-0.1, -0.05) is 12.2 Å². The van der Waals surface area contributed by atoms with Gasteiger partial charge in [0.25, 0.3) is 0 Å². The number of carbonyl (C=O) groups is 1. The lowest BCUT2D eigenvalue weighted by Crippen LogP contribution is -1.98. The monoisotopic (exact) mass is 152 g/mol. The highest BCUT2D eigenvalue weighted by molar-refractivity contribution is 5.49. The lowest BCUT2D eigenvalue weighted by molar-refractivity contribution is -0.108. The first kappa shape index (κ1) is 8.51. The first-order chi connectivity index (χ1) is 5.43. The molecule has 0 unspecified atom stereocenters. The maximum absolute atomic E-state index is 10.1. The number of aldehydes is 1. The molecule has 0 aromatic rings. The minimum atomic E-state index is 0.755. The maximum Gasteiger partial charge on any atom is 0.120 e. The summed E-state index contributed by atoms with van der Waals surface area (Å²) in [4.78, 5) is 10.1. The number of carbonyl (C=O) groups excluding carboxylic acids is 1. The Kier molecular flexibility index (Phi) is 3.95. The van der Waals surface area contributed by atoms with Crippen molar-refractivity contribution in [3.8, 4) is 0 Å². The number of allylic oxidation sites excluding steroid dienone is 2. The van der Waals surface area contributed by atoms with Crippen LogP contribution in [0.4, 0.5) is 0 Å². The van der Waals surface area contributed by atoms with Crippen molar-refractivity contribution in [3.05, 3.63) is 12.2 Å². The zero-order valence-corrected chi connectivity index (χ0v) is 6.96. The average molecular weight is 152 g/mol. The molecule has 0 aromatic heterocycles. The second-order valence-electron chi connectivity index (χ2n) is 3.24. The van der Waals surface area contributed by atoms with Crippen molar-refractivity contribution in [2.24, 2.45) is 5.92 Å². The largest absolute Gasteiger partial charge is 0.303 e. The molecule has 0 N–H and O–H groups in total. The predicted octanol–water partition coefficient (Wildman–Crippen LogP) is 2.71. The Morgan fingerprint density at radius 3 is 2.45 bits per heavy atom. The van der Waals surface area contributed by atoms with Gasteiger partial charge in [0.15, 0.2) is 0 Å². The van der Waals surface area contributed by atoms with Gasteiger partial charge in [0.2, 0.25) is 0 Å². The van der Waals surface area contributed by atoms with Gasteiger partial charge in [0, 0.05) is 6.42 Å². The third-order valence-electron chi connectivity index (χ3n) is 2.34. The molecular formula is C10H16O. The summed E-state index contributed by atoms with van der Waals surface area (Å²) in [6.07, 6.45) is 12.4. The van der Waals surface area contributed by atoms with Crippen LogP contribution in [0.15, 0.2) is 12.2 Å². The Hall–Kier alpha value is -0.590. The van der Waals surface area contributed by atoms with Crippen LogP contribution in [0.25, 0.3) is 0 Å². The van der Waals surface area contributed by atoms with Crippen LogP contribution in [0, 0.1) is 5.92 Å². The van der Waals surface area contributed by atoms with E-state index in [1.165, 1.54) is 25.7 Å². The van der Waals surface area contributed by atoms with Crippen molar-refractivity contribution in [2.75, 3.05) is 0 Å². The van der Waals surface area contributed by atoms with Gasteiger partial charge in [-0.15, -0.1) is 0 Å². The molecule has 0 amide bonds. The van der Waals surface area contributed by atoms with Crippen molar-refractivity contribution in [3.63, 3.8) is 0 Å². The zero-order chi connectivity index (χ0) is 7.94. The van der Waals surface area contributed by atoms with E-state index in [-0.39, 0.29) is 0 Å². The molecular weight excluding hydrogens is 136 g/mol. The lowest BCUT2D eigenvalue weighted by Gasteiger charge is -2.10. The molecule has 0 bridgehead atoms. The minimum Gasteiger partial charge on any atom is -0.303 e. The van der Waals surface area contributed by atoms with E-state index in [9.17, 15) is 4.79 Å². The third-order valence-corrected chi connectivity index (χ3v) is 2.34. The van der Waals surface area contributed by atoms with Crippen LogP contribution in [-0.4, -0.2) is 6.29 Å². The van der Waals surface area contributed by atoms with Crippen LogP contribution < -0.4 is 0 Å². The minimum absolute atomic E-state index is 0.755. The molecule has 1 nitrogen and oxygen atoms in total. The normalized spacial score (nSPS) is 19.6. The van der Waals surface area contributed by atoms with Gasteiger partial charge >= 0.3 is 0 Å². The summed E-state index contributed by atoms with van der Waals surface area (Å²) in [5.74, 6) is 0.801. The summed E-state index contributed by atoms with van der Waals surface area (Å²) in [6.45, 7) is 0. The molecule has 62 valence electrons. The summed E-state index contributed by atoms with van der Waals surface area (Å²) < 4.78 is 0. The molecule has 1 aliphatic carbocycles. The van der Waals surface area contributed by atoms with Gasteiger partial charge < -0.3 is 4.79 Å². The molecule has 0 saturated heterocycles. The van der Waals surface area contributed by atoms with Crippen LogP contribution in [0.3, 0.4) is 0 Å². The van der Waals surface area contributed by atoms with Gasteiger partial charge in [-0.2, -0.15) is 0 Å². The van der Waals surface area contributed by atoms with Crippen molar-refractivity contribution in [1.29, 1.82) is 0 Å². The Morgan fingerprint density at radius 1 is 1.27 bits per heavy atom. The molecule has 1 rings (SSSR count). The SMILES string of the molecule is O=CCCC1CCC=CCC1. The Morgan fingerprint density at radius 2 is 1.91 bits per heavy atom. The van der Waals surface area contributed by atoms with E-state index < -0.39 is 0 Å². The topological polar surface area (TPSA) is 17.1 Å². The highest BCUT2D eigenvalue weighted by Crippen LogP contribution is 2.22. The lowest BCUT2D eigenvalue weighted by atomic mass is 9.95. The summed E-state index contributed by atoms with van der Waals surface area (Å²) in [5.41, 5.74) is 0. The standard InChI is InChI=1S/C10H16O/c11-9-5-8-10-6-3-1-2-4-7-10/h1-2,9-10H,3-8H2.